The Morgan fingerprint density at radius 2 is 2.22 bits per heavy atom. The van der Waals surface area contributed by atoms with Gasteiger partial charge >= 0.3 is 0 Å². The molecule has 0 bridgehead atoms. The van der Waals surface area contributed by atoms with E-state index in [1.165, 1.54) is 0 Å². The summed E-state index contributed by atoms with van der Waals surface area (Å²) >= 11 is 3.45. The maximum Gasteiger partial charge on any atom is 0.153 e. The number of fused-ring (bicyclic) bond motifs is 1. The minimum absolute atomic E-state index is 0.791. The molecular weight excluding hydrogens is 294 g/mol. The molecule has 5 heteroatoms. The molecule has 0 radical (unpaired) electrons. The first-order valence-electron chi connectivity index (χ1n) is 5.75. The quantitative estimate of drug-likeness (QED) is 0.768. The zero-order valence-corrected chi connectivity index (χ0v) is 11.4. The first-order valence-corrected chi connectivity index (χ1v) is 6.54. The fraction of sp³-hybridized carbons (Fsp3) is 0.154. The zero-order chi connectivity index (χ0) is 12.5. The second-order valence-electron chi connectivity index (χ2n) is 3.99. The predicted octanol–water partition coefficient (Wildman–Crippen LogP) is 4.02. The van der Waals surface area contributed by atoms with E-state index in [9.17, 15) is 0 Å². The average Bonchev–Trinajstić information content (AvgIpc) is 2.94. The number of H-pyrrole nitrogens is 1. The van der Waals surface area contributed by atoms with Crippen molar-refractivity contribution in [3.05, 3.63) is 34.8 Å². The molecule has 2 N–H and O–H groups in total. The zero-order valence-electron chi connectivity index (χ0n) is 9.83. The molecule has 3 rings (SSSR count). The maximum absolute atomic E-state index is 5.78. The molecule has 92 valence electrons. The van der Waals surface area contributed by atoms with Crippen molar-refractivity contribution in [2.75, 3.05) is 11.9 Å². The summed E-state index contributed by atoms with van der Waals surface area (Å²) in [5.41, 5.74) is 1.74. The number of aromatic amines is 1. The third-order valence-corrected chi connectivity index (χ3v) is 3.17. The molecule has 18 heavy (non-hydrogen) atoms. The van der Waals surface area contributed by atoms with Crippen LogP contribution in [0.5, 0.6) is 0 Å². The molecule has 0 aliphatic heterocycles. The number of anilines is 1. The van der Waals surface area contributed by atoms with Gasteiger partial charge in [-0.05, 0) is 31.2 Å². The number of rotatable bonds is 3. The van der Waals surface area contributed by atoms with Gasteiger partial charge in [-0.3, -0.25) is 5.10 Å². The summed E-state index contributed by atoms with van der Waals surface area (Å²) in [6.45, 7) is 2.88. The van der Waals surface area contributed by atoms with Crippen LogP contribution in [0.3, 0.4) is 0 Å². The fourth-order valence-electron chi connectivity index (χ4n) is 1.87. The molecule has 0 aliphatic carbocycles. The van der Waals surface area contributed by atoms with Gasteiger partial charge in [-0.15, -0.1) is 0 Å². The van der Waals surface area contributed by atoms with Crippen molar-refractivity contribution >= 4 is 32.7 Å². The lowest BCUT2D eigenvalue weighted by Gasteiger charge is -1.92. The Bertz CT molecular complexity index is 686. The second-order valence-corrected chi connectivity index (χ2v) is 4.91. The lowest BCUT2D eigenvalue weighted by Crippen LogP contribution is -1.95. The first-order chi connectivity index (χ1) is 8.76. The Balaban J connectivity index is 2.02. The molecule has 0 amide bonds. The average molecular weight is 306 g/mol. The Labute approximate surface area is 113 Å². The first kappa shape index (κ1) is 11.3. The number of nitrogens with one attached hydrogen (secondary N) is 2. The van der Waals surface area contributed by atoms with Gasteiger partial charge in [0.25, 0.3) is 0 Å². The van der Waals surface area contributed by atoms with Gasteiger partial charge in [0.1, 0.15) is 17.1 Å². The summed E-state index contributed by atoms with van der Waals surface area (Å²) in [5.74, 6) is 1.62. The smallest absolute Gasteiger partial charge is 0.153 e. The van der Waals surface area contributed by atoms with Gasteiger partial charge in [-0.25, -0.2) is 0 Å². The Morgan fingerprint density at radius 3 is 3.06 bits per heavy atom. The number of halogens is 1. The van der Waals surface area contributed by atoms with E-state index in [-0.39, 0.29) is 0 Å². The van der Waals surface area contributed by atoms with E-state index in [1.807, 2.05) is 37.3 Å². The third kappa shape index (κ3) is 2.01. The lowest BCUT2D eigenvalue weighted by atomic mass is 10.2. The molecule has 0 saturated heterocycles. The van der Waals surface area contributed by atoms with Crippen LogP contribution < -0.4 is 5.32 Å². The van der Waals surface area contributed by atoms with Crippen LogP contribution in [0.15, 0.2) is 39.2 Å². The van der Waals surface area contributed by atoms with Crippen LogP contribution in [-0.2, 0) is 0 Å². The summed E-state index contributed by atoms with van der Waals surface area (Å²) in [6.07, 6.45) is 0. The largest absolute Gasteiger partial charge is 0.454 e. The summed E-state index contributed by atoms with van der Waals surface area (Å²) in [4.78, 5) is 0. The monoisotopic (exact) mass is 305 g/mol. The topological polar surface area (TPSA) is 53.9 Å². The van der Waals surface area contributed by atoms with Crippen molar-refractivity contribution in [3.63, 3.8) is 0 Å². The highest BCUT2D eigenvalue weighted by Gasteiger charge is 2.09. The van der Waals surface area contributed by atoms with Gasteiger partial charge in [0.2, 0.25) is 0 Å². The van der Waals surface area contributed by atoms with Gasteiger partial charge in [0, 0.05) is 22.5 Å². The van der Waals surface area contributed by atoms with Crippen molar-refractivity contribution in [3.8, 4) is 11.5 Å². The Hall–Kier alpha value is -1.75. The van der Waals surface area contributed by atoms with Crippen molar-refractivity contribution in [2.45, 2.75) is 6.92 Å². The molecule has 2 heterocycles. The summed E-state index contributed by atoms with van der Waals surface area (Å²) < 4.78 is 6.82. The minimum Gasteiger partial charge on any atom is -0.454 e. The van der Waals surface area contributed by atoms with Crippen LogP contribution in [0.4, 0.5) is 5.82 Å². The van der Waals surface area contributed by atoms with E-state index in [0.29, 0.717) is 0 Å². The van der Waals surface area contributed by atoms with E-state index >= 15 is 0 Å². The molecule has 0 spiro atoms. The molecular formula is C13H12BrN3O. The summed E-state index contributed by atoms with van der Waals surface area (Å²) in [7, 11) is 0. The predicted molar refractivity (Wildman–Crippen MR) is 75.7 cm³/mol. The molecule has 0 aliphatic rings. The number of benzene rings is 1. The van der Waals surface area contributed by atoms with Crippen molar-refractivity contribution in [1.29, 1.82) is 0 Å². The van der Waals surface area contributed by atoms with Gasteiger partial charge < -0.3 is 9.73 Å². The summed E-state index contributed by atoms with van der Waals surface area (Å²) in [6, 6.07) is 9.89. The van der Waals surface area contributed by atoms with Gasteiger partial charge in [0.15, 0.2) is 5.76 Å². The van der Waals surface area contributed by atoms with Gasteiger partial charge in [-0.2, -0.15) is 5.10 Å². The molecule has 0 atom stereocenters. The van der Waals surface area contributed by atoms with Crippen molar-refractivity contribution < 1.29 is 4.42 Å². The van der Waals surface area contributed by atoms with Crippen LogP contribution in [0.1, 0.15) is 6.92 Å². The van der Waals surface area contributed by atoms with E-state index in [4.69, 9.17) is 4.42 Å². The summed E-state index contributed by atoms with van der Waals surface area (Å²) in [5, 5.41) is 11.3. The number of hydrogen-bond acceptors (Lipinski definition) is 3. The highest BCUT2D eigenvalue weighted by atomic mass is 79.9. The Kier molecular flexibility index (Phi) is 2.83. The van der Waals surface area contributed by atoms with Gasteiger partial charge in [0.05, 0.1) is 0 Å². The number of furan rings is 1. The highest BCUT2D eigenvalue weighted by Crippen LogP contribution is 2.29. The lowest BCUT2D eigenvalue weighted by molar-refractivity contribution is 0.628. The normalized spacial score (nSPS) is 11.0. The van der Waals surface area contributed by atoms with Crippen LogP contribution >= 0.6 is 15.9 Å². The van der Waals surface area contributed by atoms with E-state index < -0.39 is 0 Å². The maximum atomic E-state index is 5.78. The third-order valence-electron chi connectivity index (χ3n) is 2.68. The second kappa shape index (κ2) is 4.49. The Morgan fingerprint density at radius 1 is 1.33 bits per heavy atom. The highest BCUT2D eigenvalue weighted by molar-refractivity contribution is 9.10. The van der Waals surface area contributed by atoms with Crippen LogP contribution in [-0.4, -0.2) is 16.7 Å². The molecule has 4 nitrogen and oxygen atoms in total. The fourth-order valence-corrected chi connectivity index (χ4v) is 2.25. The van der Waals surface area contributed by atoms with Crippen LogP contribution in [0, 0.1) is 0 Å². The van der Waals surface area contributed by atoms with Crippen molar-refractivity contribution in [2.24, 2.45) is 0 Å². The van der Waals surface area contributed by atoms with E-state index in [0.717, 1.165) is 39.3 Å². The molecule has 0 unspecified atom stereocenters. The van der Waals surface area contributed by atoms with Gasteiger partial charge in [-0.1, -0.05) is 15.9 Å². The molecule has 2 aromatic heterocycles. The standard InChI is InChI=1S/C13H12BrN3O/c1-2-15-13-7-10(16-17-13)12-6-8-5-9(14)3-4-11(8)18-12/h3-7H,2H2,1H3,(H2,15,16,17). The van der Waals surface area contributed by atoms with E-state index in [2.05, 4.69) is 31.4 Å². The number of nitrogens with zero attached hydrogens (tertiary/aromatic N) is 1. The SMILES string of the molecule is CCNc1cc(-c2cc3cc(Br)ccc3o2)[nH]n1. The molecule has 0 fully saturated rings. The molecule has 3 aromatic rings. The van der Waals surface area contributed by atoms with Crippen LogP contribution in [0.25, 0.3) is 22.4 Å². The molecule has 0 saturated carbocycles. The van der Waals surface area contributed by atoms with Crippen molar-refractivity contribution in [1.82, 2.24) is 10.2 Å². The van der Waals surface area contributed by atoms with E-state index in [1.54, 1.807) is 0 Å². The number of hydrogen-bond donors (Lipinski definition) is 2. The minimum atomic E-state index is 0.791. The molecule has 1 aromatic carbocycles. The van der Waals surface area contributed by atoms with Crippen LogP contribution in [0.2, 0.25) is 0 Å². The number of aromatic nitrogens is 2.